The molecule has 1 N–H and O–H groups in total. The topological polar surface area (TPSA) is 46.2 Å². The van der Waals surface area contributed by atoms with Crippen LogP contribution in [-0.4, -0.2) is 27.8 Å². The van der Waals surface area contributed by atoms with Crippen LogP contribution in [0.4, 0.5) is 0 Å². The first-order valence-corrected chi connectivity index (χ1v) is 6.94. The van der Waals surface area contributed by atoms with Crippen LogP contribution in [0.15, 0.2) is 29.2 Å². The van der Waals surface area contributed by atoms with Crippen LogP contribution in [0, 0.1) is 5.92 Å². The quantitative estimate of drug-likeness (QED) is 0.829. The summed E-state index contributed by atoms with van der Waals surface area (Å²) in [5, 5.41) is 3.21. The maximum Gasteiger partial charge on any atom is 0.175 e. The molecule has 0 bridgehead atoms. The highest BCUT2D eigenvalue weighted by molar-refractivity contribution is 7.90. The average Bonchev–Trinajstić information content (AvgIpc) is 2.11. The lowest BCUT2D eigenvalue weighted by Crippen LogP contribution is -2.43. The Bertz CT molecular complexity index is 449. The van der Waals surface area contributed by atoms with Crippen LogP contribution < -0.4 is 5.32 Å². The summed E-state index contributed by atoms with van der Waals surface area (Å²) in [6.07, 6.45) is 2.22. The zero-order valence-electron chi connectivity index (χ0n) is 8.73. The monoisotopic (exact) mass is 225 g/mol. The van der Waals surface area contributed by atoms with Crippen molar-refractivity contribution < 1.29 is 8.42 Å². The molecule has 0 saturated carbocycles. The van der Waals surface area contributed by atoms with Gasteiger partial charge in [-0.05, 0) is 43.1 Å². The molecule has 1 aromatic carbocycles. The Morgan fingerprint density at radius 2 is 2.13 bits per heavy atom. The second kappa shape index (κ2) is 3.94. The zero-order valence-corrected chi connectivity index (χ0v) is 9.55. The number of rotatable bonds is 3. The van der Waals surface area contributed by atoms with Crippen molar-refractivity contribution in [2.45, 2.75) is 11.3 Å². The van der Waals surface area contributed by atoms with Crippen molar-refractivity contribution in [3.8, 4) is 0 Å². The summed E-state index contributed by atoms with van der Waals surface area (Å²) in [5.74, 6) is 0.666. The molecular formula is C11H15NO2S. The Balaban J connectivity index is 2.18. The molecule has 4 heteroatoms. The zero-order chi connectivity index (χ0) is 10.9. The van der Waals surface area contributed by atoms with Gasteiger partial charge in [0.2, 0.25) is 0 Å². The highest BCUT2D eigenvalue weighted by atomic mass is 32.2. The van der Waals surface area contributed by atoms with Gasteiger partial charge in [-0.1, -0.05) is 12.1 Å². The second-order valence-electron chi connectivity index (χ2n) is 4.15. The Morgan fingerprint density at radius 3 is 2.67 bits per heavy atom. The van der Waals surface area contributed by atoms with Crippen molar-refractivity contribution in [2.75, 3.05) is 19.3 Å². The fourth-order valence-electron chi connectivity index (χ4n) is 1.73. The fourth-order valence-corrected chi connectivity index (χ4v) is 2.42. The van der Waals surface area contributed by atoms with E-state index in [1.165, 1.54) is 6.26 Å². The Morgan fingerprint density at radius 1 is 1.40 bits per heavy atom. The van der Waals surface area contributed by atoms with Crippen LogP contribution in [-0.2, 0) is 16.3 Å². The Kier molecular flexibility index (Phi) is 2.80. The van der Waals surface area contributed by atoms with E-state index in [-0.39, 0.29) is 0 Å². The summed E-state index contributed by atoms with van der Waals surface area (Å²) in [6, 6.07) is 7.25. The van der Waals surface area contributed by atoms with E-state index < -0.39 is 9.84 Å². The van der Waals surface area contributed by atoms with Crippen molar-refractivity contribution in [3.63, 3.8) is 0 Å². The standard InChI is InChI=1S/C11H15NO2S/c1-15(13,14)11-4-2-3-9(6-11)5-10-7-12-8-10/h2-4,6,10,12H,5,7-8H2,1H3. The van der Waals surface area contributed by atoms with Crippen LogP contribution in [0.3, 0.4) is 0 Å². The van der Waals surface area contributed by atoms with Crippen LogP contribution in [0.2, 0.25) is 0 Å². The largest absolute Gasteiger partial charge is 0.316 e. The van der Waals surface area contributed by atoms with Gasteiger partial charge < -0.3 is 5.32 Å². The summed E-state index contributed by atoms with van der Waals surface area (Å²) >= 11 is 0. The molecule has 15 heavy (non-hydrogen) atoms. The predicted molar refractivity (Wildman–Crippen MR) is 59.6 cm³/mol. The third-order valence-corrected chi connectivity index (χ3v) is 3.83. The number of nitrogens with one attached hydrogen (secondary N) is 1. The molecule has 0 unspecified atom stereocenters. The molecular weight excluding hydrogens is 210 g/mol. The summed E-state index contributed by atoms with van der Waals surface area (Å²) in [4.78, 5) is 0.423. The third-order valence-electron chi connectivity index (χ3n) is 2.72. The summed E-state index contributed by atoms with van der Waals surface area (Å²) in [7, 11) is -3.07. The van der Waals surface area contributed by atoms with Crippen molar-refractivity contribution >= 4 is 9.84 Å². The van der Waals surface area contributed by atoms with E-state index >= 15 is 0 Å². The van der Waals surface area contributed by atoms with E-state index in [1.807, 2.05) is 12.1 Å². The molecule has 0 amide bonds. The van der Waals surface area contributed by atoms with Gasteiger partial charge in [0.25, 0.3) is 0 Å². The molecule has 1 aromatic rings. The first-order chi connectivity index (χ1) is 7.05. The van der Waals surface area contributed by atoms with Gasteiger partial charge in [-0.15, -0.1) is 0 Å². The lowest BCUT2D eigenvalue weighted by atomic mass is 9.94. The lowest BCUT2D eigenvalue weighted by Gasteiger charge is -2.27. The first-order valence-electron chi connectivity index (χ1n) is 5.05. The normalized spacial score (nSPS) is 17.4. The molecule has 1 aliphatic heterocycles. The third kappa shape index (κ3) is 2.58. The van der Waals surface area contributed by atoms with Crippen LogP contribution in [0.25, 0.3) is 0 Å². The fraction of sp³-hybridized carbons (Fsp3) is 0.455. The van der Waals surface area contributed by atoms with Crippen LogP contribution in [0.1, 0.15) is 5.56 Å². The van der Waals surface area contributed by atoms with E-state index in [0.717, 1.165) is 25.1 Å². The minimum Gasteiger partial charge on any atom is -0.316 e. The number of benzene rings is 1. The van der Waals surface area contributed by atoms with Crippen LogP contribution in [0.5, 0.6) is 0 Å². The molecule has 3 nitrogen and oxygen atoms in total. The molecule has 82 valence electrons. The number of sulfone groups is 1. The molecule has 1 aliphatic rings. The number of hydrogen-bond donors (Lipinski definition) is 1. The smallest absolute Gasteiger partial charge is 0.175 e. The van der Waals surface area contributed by atoms with E-state index in [1.54, 1.807) is 12.1 Å². The van der Waals surface area contributed by atoms with Gasteiger partial charge in [0.15, 0.2) is 9.84 Å². The maximum absolute atomic E-state index is 11.3. The minimum absolute atomic E-state index is 0.423. The van der Waals surface area contributed by atoms with Crippen molar-refractivity contribution in [3.05, 3.63) is 29.8 Å². The summed E-state index contributed by atoms with van der Waals surface area (Å²) in [5.41, 5.74) is 1.12. The molecule has 1 fully saturated rings. The van der Waals surface area contributed by atoms with Gasteiger partial charge in [0.05, 0.1) is 4.90 Å². The highest BCUT2D eigenvalue weighted by Crippen LogP contribution is 2.16. The molecule has 0 atom stereocenters. The second-order valence-corrected chi connectivity index (χ2v) is 6.16. The van der Waals surface area contributed by atoms with Crippen molar-refractivity contribution in [1.82, 2.24) is 5.32 Å². The van der Waals surface area contributed by atoms with Gasteiger partial charge in [0.1, 0.15) is 0 Å². The summed E-state index contributed by atoms with van der Waals surface area (Å²) < 4.78 is 22.7. The van der Waals surface area contributed by atoms with Gasteiger partial charge in [-0.2, -0.15) is 0 Å². The summed E-state index contributed by atoms with van der Waals surface area (Å²) in [6.45, 7) is 2.09. The minimum atomic E-state index is -3.07. The molecule has 0 radical (unpaired) electrons. The van der Waals surface area contributed by atoms with Crippen molar-refractivity contribution in [2.24, 2.45) is 5.92 Å². The predicted octanol–water partition coefficient (Wildman–Crippen LogP) is 0.852. The SMILES string of the molecule is CS(=O)(=O)c1cccc(CC2CNC2)c1. The molecule has 0 aliphatic carbocycles. The van der Waals surface area contributed by atoms with E-state index in [2.05, 4.69) is 5.32 Å². The van der Waals surface area contributed by atoms with Gasteiger partial charge >= 0.3 is 0 Å². The van der Waals surface area contributed by atoms with Gasteiger partial charge in [-0.3, -0.25) is 0 Å². The van der Waals surface area contributed by atoms with Crippen molar-refractivity contribution in [1.29, 1.82) is 0 Å². The molecule has 0 aromatic heterocycles. The van der Waals surface area contributed by atoms with Crippen LogP contribution >= 0.6 is 0 Å². The molecule has 1 saturated heterocycles. The van der Waals surface area contributed by atoms with Gasteiger partial charge in [0, 0.05) is 6.26 Å². The Hall–Kier alpha value is -0.870. The first kappa shape index (κ1) is 10.6. The maximum atomic E-state index is 11.3. The molecule has 0 spiro atoms. The molecule has 2 rings (SSSR count). The van der Waals surface area contributed by atoms with E-state index in [4.69, 9.17) is 0 Å². The average molecular weight is 225 g/mol. The lowest BCUT2D eigenvalue weighted by molar-refractivity contribution is 0.346. The van der Waals surface area contributed by atoms with E-state index in [9.17, 15) is 8.42 Å². The number of hydrogen-bond acceptors (Lipinski definition) is 3. The molecule has 1 heterocycles. The van der Waals surface area contributed by atoms with E-state index in [0.29, 0.717) is 10.8 Å². The highest BCUT2D eigenvalue weighted by Gasteiger charge is 2.17. The Labute approximate surface area is 90.4 Å². The van der Waals surface area contributed by atoms with Gasteiger partial charge in [-0.25, -0.2) is 8.42 Å².